The number of rotatable bonds is 2. The van der Waals surface area contributed by atoms with E-state index in [4.69, 9.17) is 16.3 Å². The van der Waals surface area contributed by atoms with E-state index in [1.165, 1.54) is 6.42 Å². The van der Waals surface area contributed by atoms with E-state index in [9.17, 15) is 4.79 Å². The van der Waals surface area contributed by atoms with Gasteiger partial charge in [0, 0.05) is 22.6 Å². The molecule has 118 valence electrons. The lowest BCUT2D eigenvalue weighted by Gasteiger charge is -2.36. The minimum atomic E-state index is -0.559. The van der Waals surface area contributed by atoms with Crippen LogP contribution in [-0.4, -0.2) is 11.5 Å². The van der Waals surface area contributed by atoms with Crippen molar-refractivity contribution in [3.63, 3.8) is 0 Å². The first-order valence-electron chi connectivity index (χ1n) is 7.97. The molecule has 1 aliphatic heterocycles. The summed E-state index contributed by atoms with van der Waals surface area (Å²) in [6.45, 7) is 3.88. The second kappa shape index (κ2) is 5.96. The van der Waals surface area contributed by atoms with Crippen molar-refractivity contribution in [3.8, 4) is 5.75 Å². The van der Waals surface area contributed by atoms with Crippen LogP contribution < -0.4 is 10.1 Å². The average Bonchev–Trinajstić information content (AvgIpc) is 2.46. The Hall–Kier alpha value is -1.48. The molecule has 1 fully saturated rings. The van der Waals surface area contributed by atoms with E-state index in [-0.39, 0.29) is 11.7 Å². The van der Waals surface area contributed by atoms with Crippen molar-refractivity contribution in [1.82, 2.24) is 5.32 Å². The monoisotopic (exact) mass is 319 g/mol. The van der Waals surface area contributed by atoms with Crippen molar-refractivity contribution < 1.29 is 9.53 Å². The van der Waals surface area contributed by atoms with Crippen molar-refractivity contribution in [2.45, 2.75) is 51.7 Å². The Labute approximate surface area is 136 Å². The van der Waals surface area contributed by atoms with Crippen LogP contribution in [-0.2, 0) is 4.79 Å². The number of ether oxygens (including phenoxy) is 1. The van der Waals surface area contributed by atoms with Crippen LogP contribution in [0.25, 0.3) is 5.70 Å². The molecule has 0 aromatic heterocycles. The zero-order chi connectivity index (χ0) is 15.7. The number of fused-ring (bicyclic) bond motifs is 1. The first kappa shape index (κ1) is 15.4. The highest BCUT2D eigenvalue weighted by molar-refractivity contribution is 6.30. The zero-order valence-electron chi connectivity index (χ0n) is 13.1. The summed E-state index contributed by atoms with van der Waals surface area (Å²) in [6.07, 6.45) is 7.35. The Morgan fingerprint density at radius 2 is 2.05 bits per heavy atom. The first-order valence-corrected chi connectivity index (χ1v) is 8.35. The van der Waals surface area contributed by atoms with Crippen LogP contribution in [0.15, 0.2) is 24.3 Å². The van der Waals surface area contributed by atoms with Gasteiger partial charge in [-0.1, -0.05) is 30.9 Å². The average molecular weight is 320 g/mol. The van der Waals surface area contributed by atoms with E-state index in [0.717, 1.165) is 42.7 Å². The van der Waals surface area contributed by atoms with Gasteiger partial charge in [-0.2, -0.15) is 0 Å². The molecule has 3 nitrogen and oxygen atoms in total. The summed E-state index contributed by atoms with van der Waals surface area (Å²) in [5, 5.41) is 3.95. The maximum Gasteiger partial charge on any atom is 0.175 e. The first-order chi connectivity index (χ1) is 10.4. The summed E-state index contributed by atoms with van der Waals surface area (Å²) in [5.74, 6) is 1.12. The Morgan fingerprint density at radius 1 is 1.32 bits per heavy atom. The molecule has 0 amide bonds. The Kier molecular flexibility index (Phi) is 4.18. The summed E-state index contributed by atoms with van der Waals surface area (Å²) < 4.78 is 5.91. The molecular weight excluding hydrogens is 298 g/mol. The SMILES string of the molecule is CC1(C)N/C(=C\C(=O)C2CCCCC2)c2ccc(Cl)cc2O1. The number of allylic oxidation sites excluding steroid dienone is 1. The molecule has 0 radical (unpaired) electrons. The highest BCUT2D eigenvalue weighted by Crippen LogP contribution is 2.36. The molecule has 0 atom stereocenters. The maximum atomic E-state index is 12.6. The van der Waals surface area contributed by atoms with Gasteiger partial charge < -0.3 is 10.1 Å². The van der Waals surface area contributed by atoms with Gasteiger partial charge in [-0.3, -0.25) is 4.79 Å². The van der Waals surface area contributed by atoms with Gasteiger partial charge in [-0.15, -0.1) is 0 Å². The number of hydrogen-bond acceptors (Lipinski definition) is 3. The zero-order valence-corrected chi connectivity index (χ0v) is 13.9. The standard InChI is InChI=1S/C18H22ClNO2/c1-18(2)20-15(11-16(21)12-6-4-3-5-7-12)14-9-8-13(19)10-17(14)22-18/h8-12,20H,3-7H2,1-2H3/b15-11-. The normalized spacial score (nSPS) is 22.6. The van der Waals surface area contributed by atoms with Gasteiger partial charge in [-0.25, -0.2) is 0 Å². The molecule has 0 unspecified atom stereocenters. The Balaban J connectivity index is 1.92. The molecule has 2 aliphatic rings. The topological polar surface area (TPSA) is 38.3 Å². The molecule has 3 rings (SSSR count). The van der Waals surface area contributed by atoms with Crippen LogP contribution in [0.4, 0.5) is 0 Å². The number of halogens is 1. The summed E-state index contributed by atoms with van der Waals surface area (Å²) in [4.78, 5) is 12.6. The van der Waals surface area contributed by atoms with E-state index in [2.05, 4.69) is 5.32 Å². The number of carbonyl (C=O) groups excluding carboxylic acids is 1. The van der Waals surface area contributed by atoms with Crippen LogP contribution in [0.2, 0.25) is 5.02 Å². The van der Waals surface area contributed by atoms with Gasteiger partial charge in [-0.05, 0) is 44.9 Å². The van der Waals surface area contributed by atoms with Crippen LogP contribution >= 0.6 is 11.6 Å². The predicted octanol–water partition coefficient (Wildman–Crippen LogP) is 4.55. The number of carbonyl (C=O) groups is 1. The van der Waals surface area contributed by atoms with Crippen LogP contribution in [0.3, 0.4) is 0 Å². The quantitative estimate of drug-likeness (QED) is 0.813. The summed E-state index contributed by atoms with van der Waals surface area (Å²) in [7, 11) is 0. The van der Waals surface area contributed by atoms with Crippen LogP contribution in [0, 0.1) is 5.92 Å². The lowest BCUT2D eigenvalue weighted by atomic mass is 9.85. The molecule has 0 spiro atoms. The Bertz CT molecular complexity index is 616. The predicted molar refractivity (Wildman–Crippen MR) is 88.9 cm³/mol. The maximum absolute atomic E-state index is 12.6. The van der Waals surface area contributed by atoms with E-state index in [0.29, 0.717) is 5.02 Å². The third-order valence-electron chi connectivity index (χ3n) is 4.33. The summed E-state index contributed by atoms with van der Waals surface area (Å²) in [6, 6.07) is 5.53. The minimum Gasteiger partial charge on any atom is -0.468 e. The van der Waals surface area contributed by atoms with E-state index < -0.39 is 5.72 Å². The largest absolute Gasteiger partial charge is 0.468 e. The van der Waals surface area contributed by atoms with Gasteiger partial charge in [0.05, 0.1) is 5.70 Å². The lowest BCUT2D eigenvalue weighted by Crippen LogP contribution is -2.46. The fourth-order valence-electron chi connectivity index (χ4n) is 3.26. The fraction of sp³-hybridized carbons (Fsp3) is 0.500. The molecule has 1 aromatic carbocycles. The molecule has 1 aromatic rings. The highest BCUT2D eigenvalue weighted by atomic mass is 35.5. The second-order valence-corrected chi connectivity index (χ2v) is 7.11. The number of nitrogens with one attached hydrogen (secondary N) is 1. The number of ketones is 1. The molecule has 1 aliphatic carbocycles. The van der Waals surface area contributed by atoms with Crippen molar-refractivity contribution in [2.75, 3.05) is 0 Å². The second-order valence-electron chi connectivity index (χ2n) is 6.67. The molecule has 1 saturated carbocycles. The molecule has 4 heteroatoms. The van der Waals surface area contributed by atoms with Crippen molar-refractivity contribution in [2.24, 2.45) is 5.92 Å². The van der Waals surface area contributed by atoms with Gasteiger partial charge in [0.1, 0.15) is 5.75 Å². The molecule has 0 bridgehead atoms. The molecular formula is C18H22ClNO2. The minimum absolute atomic E-state index is 0.171. The van der Waals surface area contributed by atoms with E-state index in [1.54, 1.807) is 12.1 Å². The molecule has 22 heavy (non-hydrogen) atoms. The number of hydrogen-bond donors (Lipinski definition) is 1. The molecule has 1 heterocycles. The molecule has 0 saturated heterocycles. The lowest BCUT2D eigenvalue weighted by molar-refractivity contribution is -0.119. The van der Waals surface area contributed by atoms with E-state index >= 15 is 0 Å². The number of benzene rings is 1. The Morgan fingerprint density at radius 3 is 2.77 bits per heavy atom. The van der Waals surface area contributed by atoms with Gasteiger partial charge in [0.15, 0.2) is 11.5 Å². The third kappa shape index (κ3) is 3.30. The molecule has 1 N–H and O–H groups in total. The van der Waals surface area contributed by atoms with Crippen LogP contribution in [0.1, 0.15) is 51.5 Å². The smallest absolute Gasteiger partial charge is 0.175 e. The van der Waals surface area contributed by atoms with Crippen molar-refractivity contribution >= 4 is 23.1 Å². The highest BCUT2D eigenvalue weighted by Gasteiger charge is 2.30. The van der Waals surface area contributed by atoms with Crippen molar-refractivity contribution in [1.29, 1.82) is 0 Å². The third-order valence-corrected chi connectivity index (χ3v) is 4.56. The van der Waals surface area contributed by atoms with E-state index in [1.807, 2.05) is 26.0 Å². The van der Waals surface area contributed by atoms with Gasteiger partial charge >= 0.3 is 0 Å². The fourth-order valence-corrected chi connectivity index (χ4v) is 3.42. The van der Waals surface area contributed by atoms with Gasteiger partial charge in [0.25, 0.3) is 0 Å². The van der Waals surface area contributed by atoms with Gasteiger partial charge in [0.2, 0.25) is 0 Å². The van der Waals surface area contributed by atoms with Crippen LogP contribution in [0.5, 0.6) is 5.75 Å². The van der Waals surface area contributed by atoms with Crippen molar-refractivity contribution in [3.05, 3.63) is 34.9 Å². The summed E-state index contributed by atoms with van der Waals surface area (Å²) >= 11 is 6.06. The summed E-state index contributed by atoms with van der Waals surface area (Å²) in [5.41, 5.74) is 1.17.